The molecule has 1 saturated heterocycles. The summed E-state index contributed by atoms with van der Waals surface area (Å²) >= 11 is 0. The second-order valence-corrected chi connectivity index (χ2v) is 6.16. The molecule has 3 rings (SSSR count). The van der Waals surface area contributed by atoms with Crippen LogP contribution >= 0.6 is 0 Å². The Morgan fingerprint density at radius 2 is 1.79 bits per heavy atom. The summed E-state index contributed by atoms with van der Waals surface area (Å²) in [5, 5.41) is 0. The van der Waals surface area contributed by atoms with E-state index in [9.17, 15) is 4.39 Å². The van der Waals surface area contributed by atoms with Crippen molar-refractivity contribution >= 4 is 5.69 Å². The Morgan fingerprint density at radius 3 is 2.37 bits per heavy atom. The molecule has 1 saturated carbocycles. The number of hydrogen-bond donors (Lipinski definition) is 0. The third-order valence-electron chi connectivity index (χ3n) is 4.48. The summed E-state index contributed by atoms with van der Waals surface area (Å²) in [4.78, 5) is 5.07. The summed E-state index contributed by atoms with van der Waals surface area (Å²) in [6.45, 7) is 7.85. The number of nitrogens with zero attached hydrogens (tertiary/aromatic N) is 2. The van der Waals surface area contributed by atoms with E-state index < -0.39 is 0 Å². The number of rotatable bonds is 3. The average molecular weight is 262 g/mol. The van der Waals surface area contributed by atoms with Crippen LogP contribution in [0, 0.1) is 11.7 Å². The number of piperazine rings is 1. The van der Waals surface area contributed by atoms with Crippen LogP contribution in [0.25, 0.3) is 0 Å². The second-order valence-electron chi connectivity index (χ2n) is 6.16. The molecule has 19 heavy (non-hydrogen) atoms. The predicted octanol–water partition coefficient (Wildman–Crippen LogP) is 3.13. The zero-order valence-electron chi connectivity index (χ0n) is 11.8. The molecule has 1 aliphatic heterocycles. The van der Waals surface area contributed by atoms with Crippen molar-refractivity contribution in [3.05, 3.63) is 30.1 Å². The first-order chi connectivity index (χ1) is 9.15. The Morgan fingerprint density at radius 1 is 1.11 bits per heavy atom. The van der Waals surface area contributed by atoms with Crippen LogP contribution < -0.4 is 4.90 Å². The van der Waals surface area contributed by atoms with Gasteiger partial charge in [0.15, 0.2) is 0 Å². The average Bonchev–Trinajstić information content (AvgIpc) is 3.23. The van der Waals surface area contributed by atoms with Crippen LogP contribution in [0.3, 0.4) is 0 Å². The Balaban J connectivity index is 1.74. The van der Waals surface area contributed by atoms with Gasteiger partial charge in [-0.1, -0.05) is 0 Å². The van der Waals surface area contributed by atoms with Gasteiger partial charge in [-0.2, -0.15) is 0 Å². The van der Waals surface area contributed by atoms with Crippen LogP contribution in [-0.2, 0) is 0 Å². The highest BCUT2D eigenvalue weighted by Crippen LogP contribution is 2.38. The third-order valence-corrected chi connectivity index (χ3v) is 4.48. The summed E-state index contributed by atoms with van der Waals surface area (Å²) in [5.74, 6) is 0.731. The van der Waals surface area contributed by atoms with E-state index in [0.29, 0.717) is 12.1 Å². The SMILES string of the molecule is CC(C)N1CCN(c2ccc(F)cc2)CC1C1CC1. The lowest BCUT2D eigenvalue weighted by Crippen LogP contribution is -2.56. The standard InChI is InChI=1S/C16H23FN2/c1-12(2)19-10-9-18(11-16(19)13-3-4-13)15-7-5-14(17)6-8-15/h5-8,12-13,16H,3-4,9-11H2,1-2H3. The maximum Gasteiger partial charge on any atom is 0.123 e. The molecule has 0 aromatic heterocycles. The number of anilines is 1. The molecule has 0 spiro atoms. The first-order valence-electron chi connectivity index (χ1n) is 7.41. The van der Waals surface area contributed by atoms with Crippen molar-refractivity contribution in [1.29, 1.82) is 0 Å². The molecule has 1 aliphatic carbocycles. The van der Waals surface area contributed by atoms with Gasteiger partial charge in [0.05, 0.1) is 0 Å². The summed E-state index contributed by atoms with van der Waals surface area (Å²) in [6, 6.07) is 8.25. The number of hydrogen-bond acceptors (Lipinski definition) is 2. The van der Waals surface area contributed by atoms with Crippen LogP contribution in [0.15, 0.2) is 24.3 Å². The molecular weight excluding hydrogens is 239 g/mol. The Hall–Kier alpha value is -1.09. The number of benzene rings is 1. The van der Waals surface area contributed by atoms with Crippen molar-refractivity contribution in [3.8, 4) is 0 Å². The molecule has 3 heteroatoms. The number of halogens is 1. The van der Waals surface area contributed by atoms with Gasteiger partial charge in [-0.05, 0) is 56.9 Å². The molecule has 0 bridgehead atoms. The quantitative estimate of drug-likeness (QED) is 0.825. The molecule has 0 radical (unpaired) electrons. The van der Waals surface area contributed by atoms with Gasteiger partial charge in [0.25, 0.3) is 0 Å². The van der Waals surface area contributed by atoms with Crippen LogP contribution in [0.4, 0.5) is 10.1 Å². The maximum atomic E-state index is 13.0. The fourth-order valence-corrected chi connectivity index (χ4v) is 3.25. The summed E-state index contributed by atoms with van der Waals surface area (Å²) in [7, 11) is 0. The predicted molar refractivity (Wildman–Crippen MR) is 77.0 cm³/mol. The lowest BCUT2D eigenvalue weighted by molar-refractivity contribution is 0.121. The largest absolute Gasteiger partial charge is 0.369 e. The van der Waals surface area contributed by atoms with E-state index in [1.807, 2.05) is 12.1 Å². The lowest BCUT2D eigenvalue weighted by Gasteiger charge is -2.44. The Labute approximate surface area is 115 Å². The van der Waals surface area contributed by atoms with E-state index in [4.69, 9.17) is 0 Å². The van der Waals surface area contributed by atoms with E-state index in [0.717, 1.165) is 31.2 Å². The molecule has 1 atom stereocenters. The Bertz CT molecular complexity index is 425. The van der Waals surface area contributed by atoms with Crippen molar-refractivity contribution in [2.24, 2.45) is 5.92 Å². The lowest BCUT2D eigenvalue weighted by atomic mass is 10.0. The van der Waals surface area contributed by atoms with Crippen molar-refractivity contribution in [2.45, 2.75) is 38.8 Å². The molecule has 2 nitrogen and oxygen atoms in total. The van der Waals surface area contributed by atoms with Crippen LogP contribution in [0.5, 0.6) is 0 Å². The second kappa shape index (κ2) is 5.12. The fourth-order valence-electron chi connectivity index (χ4n) is 3.25. The molecule has 0 amide bonds. The van der Waals surface area contributed by atoms with Gasteiger partial charge in [0.1, 0.15) is 5.82 Å². The van der Waals surface area contributed by atoms with Gasteiger partial charge >= 0.3 is 0 Å². The zero-order chi connectivity index (χ0) is 13.4. The van der Waals surface area contributed by atoms with Gasteiger partial charge in [0, 0.05) is 37.4 Å². The maximum absolute atomic E-state index is 13.0. The van der Waals surface area contributed by atoms with E-state index in [1.165, 1.54) is 12.8 Å². The summed E-state index contributed by atoms with van der Waals surface area (Å²) in [5.41, 5.74) is 1.16. The van der Waals surface area contributed by atoms with Crippen molar-refractivity contribution in [2.75, 3.05) is 24.5 Å². The highest BCUT2D eigenvalue weighted by atomic mass is 19.1. The molecule has 1 heterocycles. The molecule has 1 unspecified atom stereocenters. The molecule has 1 aromatic rings. The topological polar surface area (TPSA) is 6.48 Å². The first kappa shape index (κ1) is 12.9. The van der Waals surface area contributed by atoms with Crippen LogP contribution in [-0.4, -0.2) is 36.6 Å². The normalized spacial score (nSPS) is 25.1. The van der Waals surface area contributed by atoms with Gasteiger partial charge in [-0.3, -0.25) is 4.90 Å². The van der Waals surface area contributed by atoms with Gasteiger partial charge in [0.2, 0.25) is 0 Å². The first-order valence-corrected chi connectivity index (χ1v) is 7.41. The highest BCUT2D eigenvalue weighted by Gasteiger charge is 2.39. The third kappa shape index (κ3) is 2.76. The summed E-state index contributed by atoms with van der Waals surface area (Å²) < 4.78 is 13.0. The monoisotopic (exact) mass is 262 g/mol. The molecular formula is C16H23FN2. The molecule has 2 fully saturated rings. The van der Waals surface area contributed by atoms with E-state index >= 15 is 0 Å². The molecule has 104 valence electrons. The molecule has 1 aromatic carbocycles. The smallest absolute Gasteiger partial charge is 0.123 e. The molecule has 2 aliphatic rings. The minimum Gasteiger partial charge on any atom is -0.369 e. The minimum atomic E-state index is -0.150. The summed E-state index contributed by atoms with van der Waals surface area (Å²) in [6.07, 6.45) is 2.76. The molecule has 0 N–H and O–H groups in total. The van der Waals surface area contributed by atoms with Gasteiger partial charge < -0.3 is 4.90 Å². The van der Waals surface area contributed by atoms with E-state index in [1.54, 1.807) is 12.1 Å². The van der Waals surface area contributed by atoms with E-state index in [-0.39, 0.29) is 5.82 Å². The van der Waals surface area contributed by atoms with E-state index in [2.05, 4.69) is 23.6 Å². The van der Waals surface area contributed by atoms with Crippen molar-refractivity contribution < 1.29 is 4.39 Å². The van der Waals surface area contributed by atoms with Gasteiger partial charge in [-0.25, -0.2) is 4.39 Å². The fraction of sp³-hybridized carbons (Fsp3) is 0.625. The zero-order valence-corrected chi connectivity index (χ0v) is 11.8. The van der Waals surface area contributed by atoms with Crippen molar-refractivity contribution in [1.82, 2.24) is 4.90 Å². The van der Waals surface area contributed by atoms with Crippen molar-refractivity contribution in [3.63, 3.8) is 0 Å². The highest BCUT2D eigenvalue weighted by molar-refractivity contribution is 5.47. The van der Waals surface area contributed by atoms with Crippen LogP contribution in [0.1, 0.15) is 26.7 Å². The van der Waals surface area contributed by atoms with Crippen LogP contribution in [0.2, 0.25) is 0 Å². The minimum absolute atomic E-state index is 0.150. The van der Waals surface area contributed by atoms with Gasteiger partial charge in [-0.15, -0.1) is 0 Å². The Kier molecular flexibility index (Phi) is 3.48.